The van der Waals surface area contributed by atoms with Crippen LogP contribution in [0.1, 0.15) is 42.7 Å². The van der Waals surface area contributed by atoms with E-state index in [1.165, 1.54) is 6.42 Å². The Balaban J connectivity index is 2.27. The Morgan fingerprint density at radius 3 is 2.89 bits per heavy atom. The molecule has 0 aliphatic carbocycles. The lowest BCUT2D eigenvalue weighted by Gasteiger charge is -2.37. The van der Waals surface area contributed by atoms with Gasteiger partial charge in [0.15, 0.2) is 0 Å². The van der Waals surface area contributed by atoms with E-state index in [4.69, 9.17) is 5.73 Å². The Morgan fingerprint density at radius 2 is 2.17 bits per heavy atom. The number of aryl methyl sites for hydroxylation is 1. The third kappa shape index (κ3) is 2.47. The first-order valence-electron chi connectivity index (χ1n) is 6.52. The van der Waals surface area contributed by atoms with Crippen molar-refractivity contribution in [3.8, 4) is 0 Å². The molecule has 0 bridgehead atoms. The fourth-order valence-electron chi connectivity index (χ4n) is 2.49. The molecule has 2 rings (SSSR count). The summed E-state index contributed by atoms with van der Waals surface area (Å²) in [4.78, 5) is 18.7. The number of nitrogens with zero attached hydrogens (tertiary/aromatic N) is 2. The topological polar surface area (TPSA) is 59.2 Å². The third-order valence-electron chi connectivity index (χ3n) is 3.72. The molecule has 1 fully saturated rings. The summed E-state index contributed by atoms with van der Waals surface area (Å²) in [6.07, 6.45) is 3.86. The quantitative estimate of drug-likeness (QED) is 0.828. The first kappa shape index (κ1) is 12.9. The summed E-state index contributed by atoms with van der Waals surface area (Å²) in [5, 5.41) is 0. The summed E-state index contributed by atoms with van der Waals surface area (Å²) in [7, 11) is 0. The molecule has 0 radical (unpaired) electrons. The second-order valence-electron chi connectivity index (χ2n) is 5.39. The largest absolute Gasteiger partial charge is 0.397 e. The van der Waals surface area contributed by atoms with Crippen LogP contribution < -0.4 is 5.73 Å². The summed E-state index contributed by atoms with van der Waals surface area (Å²) in [6, 6.07) is 2.03. The number of nitrogens with two attached hydrogens (primary N) is 1. The average molecular weight is 247 g/mol. The summed E-state index contributed by atoms with van der Waals surface area (Å²) >= 11 is 0. The minimum atomic E-state index is 0.0614. The highest BCUT2D eigenvalue weighted by Gasteiger charge is 2.28. The lowest BCUT2D eigenvalue weighted by atomic mass is 9.94. The molecule has 1 aromatic heterocycles. The Hall–Kier alpha value is -1.58. The predicted molar refractivity (Wildman–Crippen MR) is 72.3 cm³/mol. The maximum Gasteiger partial charge on any atom is 0.256 e. The Bertz CT molecular complexity index is 458. The highest BCUT2D eigenvalue weighted by Crippen LogP contribution is 2.24. The van der Waals surface area contributed by atoms with Crippen LogP contribution in [0.5, 0.6) is 0 Å². The molecule has 2 N–H and O–H groups in total. The van der Waals surface area contributed by atoms with Crippen molar-refractivity contribution < 1.29 is 4.79 Å². The van der Waals surface area contributed by atoms with Crippen LogP contribution in [-0.2, 0) is 0 Å². The van der Waals surface area contributed by atoms with Gasteiger partial charge in [0.1, 0.15) is 0 Å². The predicted octanol–water partition coefficient (Wildman–Crippen LogP) is 2.23. The van der Waals surface area contributed by atoms with E-state index in [9.17, 15) is 4.79 Å². The maximum absolute atomic E-state index is 12.6. The SMILES string of the molecule is Cc1ncc(N)cc1C(=O)N1CC(C)CCC1C. The number of nitrogen functional groups attached to an aromatic ring is 1. The van der Waals surface area contributed by atoms with E-state index in [1.54, 1.807) is 12.3 Å². The number of likely N-dealkylation sites (tertiary alicyclic amines) is 1. The number of amides is 1. The molecule has 1 aromatic rings. The lowest BCUT2D eigenvalue weighted by molar-refractivity contribution is 0.0573. The fourth-order valence-corrected chi connectivity index (χ4v) is 2.49. The molecular weight excluding hydrogens is 226 g/mol. The molecule has 2 heterocycles. The van der Waals surface area contributed by atoms with Crippen LogP contribution in [0, 0.1) is 12.8 Å². The summed E-state index contributed by atoms with van der Waals surface area (Å²) in [6.45, 7) is 6.98. The minimum absolute atomic E-state index is 0.0614. The van der Waals surface area contributed by atoms with Crippen LogP contribution in [-0.4, -0.2) is 28.4 Å². The zero-order valence-corrected chi connectivity index (χ0v) is 11.3. The number of pyridine rings is 1. The van der Waals surface area contributed by atoms with Gasteiger partial charge in [-0.1, -0.05) is 6.92 Å². The number of rotatable bonds is 1. The summed E-state index contributed by atoms with van der Waals surface area (Å²) in [5.74, 6) is 0.630. The summed E-state index contributed by atoms with van der Waals surface area (Å²) in [5.41, 5.74) is 7.65. The van der Waals surface area contributed by atoms with Crippen molar-refractivity contribution in [1.29, 1.82) is 0 Å². The molecule has 1 aliphatic rings. The molecule has 2 unspecified atom stereocenters. The van der Waals surface area contributed by atoms with Crippen LogP contribution in [0.4, 0.5) is 5.69 Å². The molecule has 1 saturated heterocycles. The van der Waals surface area contributed by atoms with E-state index >= 15 is 0 Å². The van der Waals surface area contributed by atoms with Crippen molar-refractivity contribution >= 4 is 11.6 Å². The van der Waals surface area contributed by atoms with Crippen molar-refractivity contribution in [3.63, 3.8) is 0 Å². The number of carbonyl (C=O) groups is 1. The van der Waals surface area contributed by atoms with Gasteiger partial charge in [-0.3, -0.25) is 9.78 Å². The minimum Gasteiger partial charge on any atom is -0.397 e. The second kappa shape index (κ2) is 4.96. The van der Waals surface area contributed by atoms with Crippen LogP contribution >= 0.6 is 0 Å². The third-order valence-corrected chi connectivity index (χ3v) is 3.72. The lowest BCUT2D eigenvalue weighted by Crippen LogP contribution is -2.45. The molecule has 18 heavy (non-hydrogen) atoms. The van der Waals surface area contributed by atoms with Gasteiger partial charge in [0.25, 0.3) is 5.91 Å². The first-order chi connectivity index (χ1) is 8.49. The average Bonchev–Trinajstić information content (AvgIpc) is 2.34. The van der Waals surface area contributed by atoms with Gasteiger partial charge in [0.05, 0.1) is 23.1 Å². The van der Waals surface area contributed by atoms with Gasteiger partial charge in [-0.25, -0.2) is 0 Å². The van der Waals surface area contributed by atoms with Crippen LogP contribution in [0.25, 0.3) is 0 Å². The van der Waals surface area contributed by atoms with E-state index in [1.807, 2.05) is 11.8 Å². The first-order valence-corrected chi connectivity index (χ1v) is 6.52. The van der Waals surface area contributed by atoms with Gasteiger partial charge >= 0.3 is 0 Å². The van der Waals surface area contributed by atoms with E-state index < -0.39 is 0 Å². The number of anilines is 1. The molecule has 2 atom stereocenters. The summed E-state index contributed by atoms with van der Waals surface area (Å²) < 4.78 is 0. The van der Waals surface area contributed by atoms with E-state index in [-0.39, 0.29) is 5.91 Å². The standard InChI is InChI=1S/C14H21N3O/c1-9-4-5-10(2)17(8-9)14(18)13-6-12(15)7-16-11(13)3/h6-7,9-10H,4-5,8,15H2,1-3H3. The van der Waals surface area contributed by atoms with Crippen molar-refractivity contribution in [3.05, 3.63) is 23.5 Å². The molecule has 1 amide bonds. The molecule has 0 saturated carbocycles. The molecule has 1 aliphatic heterocycles. The molecular formula is C14H21N3O. The molecule has 4 nitrogen and oxygen atoms in total. The van der Waals surface area contributed by atoms with Crippen LogP contribution in [0.2, 0.25) is 0 Å². The highest BCUT2D eigenvalue weighted by atomic mass is 16.2. The smallest absolute Gasteiger partial charge is 0.256 e. The van der Waals surface area contributed by atoms with E-state index in [0.717, 1.165) is 18.7 Å². The van der Waals surface area contributed by atoms with Crippen LogP contribution in [0.3, 0.4) is 0 Å². The number of hydrogen-bond donors (Lipinski definition) is 1. The second-order valence-corrected chi connectivity index (χ2v) is 5.39. The van der Waals surface area contributed by atoms with Gasteiger partial charge in [-0.15, -0.1) is 0 Å². The maximum atomic E-state index is 12.6. The molecule has 0 aromatic carbocycles. The van der Waals surface area contributed by atoms with Gasteiger partial charge < -0.3 is 10.6 Å². The van der Waals surface area contributed by atoms with Crippen molar-refractivity contribution in [2.75, 3.05) is 12.3 Å². The Morgan fingerprint density at radius 1 is 1.44 bits per heavy atom. The molecule has 0 spiro atoms. The number of hydrogen-bond acceptors (Lipinski definition) is 3. The zero-order valence-electron chi connectivity index (χ0n) is 11.3. The van der Waals surface area contributed by atoms with Gasteiger partial charge in [0, 0.05) is 12.6 Å². The molecule has 4 heteroatoms. The van der Waals surface area contributed by atoms with Crippen molar-refractivity contribution in [2.45, 2.75) is 39.7 Å². The highest BCUT2D eigenvalue weighted by molar-refractivity contribution is 5.96. The van der Waals surface area contributed by atoms with Crippen LogP contribution in [0.15, 0.2) is 12.3 Å². The Labute approximate surface area is 108 Å². The number of piperidine rings is 1. The molecule has 98 valence electrons. The van der Waals surface area contributed by atoms with Gasteiger partial charge in [0.2, 0.25) is 0 Å². The number of carbonyl (C=O) groups excluding carboxylic acids is 1. The van der Waals surface area contributed by atoms with Gasteiger partial charge in [-0.05, 0) is 38.7 Å². The van der Waals surface area contributed by atoms with E-state index in [2.05, 4.69) is 18.8 Å². The zero-order chi connectivity index (χ0) is 13.3. The number of aromatic nitrogens is 1. The monoisotopic (exact) mass is 247 g/mol. The van der Waals surface area contributed by atoms with Crippen molar-refractivity contribution in [2.24, 2.45) is 5.92 Å². The van der Waals surface area contributed by atoms with Gasteiger partial charge in [-0.2, -0.15) is 0 Å². The van der Waals surface area contributed by atoms with E-state index in [0.29, 0.717) is 23.2 Å². The van der Waals surface area contributed by atoms with Crippen molar-refractivity contribution in [1.82, 2.24) is 9.88 Å². The fraction of sp³-hybridized carbons (Fsp3) is 0.571. The Kier molecular flexibility index (Phi) is 3.55. The normalized spacial score (nSPS) is 24.1.